The Balaban J connectivity index is 1.67. The molecule has 140 valence electrons. The van der Waals surface area contributed by atoms with Crippen LogP contribution in [0.4, 0.5) is 0 Å². The minimum Gasteiger partial charge on any atom is -0.480 e. The number of carbonyl (C=O) groups is 2. The first-order valence-corrected chi connectivity index (χ1v) is 8.63. The van der Waals surface area contributed by atoms with Gasteiger partial charge < -0.3 is 15.0 Å². The van der Waals surface area contributed by atoms with Crippen LogP contribution in [-0.4, -0.2) is 49.9 Å². The van der Waals surface area contributed by atoms with E-state index < -0.39 is 11.8 Å². The summed E-state index contributed by atoms with van der Waals surface area (Å²) in [5.41, 5.74) is 1.68. The minimum absolute atomic E-state index is 0.108. The van der Waals surface area contributed by atoms with E-state index in [2.05, 4.69) is 15.5 Å². The van der Waals surface area contributed by atoms with Crippen molar-refractivity contribution in [3.05, 3.63) is 29.7 Å². The lowest BCUT2D eigenvalue weighted by atomic mass is 9.97. The molecule has 2 aromatic rings. The largest absolute Gasteiger partial charge is 0.480 e. The van der Waals surface area contributed by atoms with Crippen LogP contribution >= 0.6 is 0 Å². The maximum absolute atomic E-state index is 12.7. The number of piperidine rings is 1. The highest BCUT2D eigenvalue weighted by Crippen LogP contribution is 2.30. The number of hydrogen-bond acceptors (Lipinski definition) is 5. The van der Waals surface area contributed by atoms with Crippen LogP contribution in [0.2, 0.25) is 0 Å². The van der Waals surface area contributed by atoms with Gasteiger partial charge in [-0.05, 0) is 19.3 Å². The lowest BCUT2D eigenvalue weighted by Gasteiger charge is -2.34. The monoisotopic (exact) mass is 360 g/mol. The van der Waals surface area contributed by atoms with E-state index >= 15 is 0 Å². The fraction of sp³-hybridized carbons (Fsp3) is 0.529. The number of rotatable bonds is 4. The number of carbonyl (C=O) groups excluding carboxylic acids is 2. The fourth-order valence-electron chi connectivity index (χ4n) is 3.33. The maximum atomic E-state index is 12.7. The van der Waals surface area contributed by atoms with Crippen LogP contribution < -0.4 is 10.1 Å². The molecular formula is C17H24N6O3. The van der Waals surface area contributed by atoms with Crippen molar-refractivity contribution in [2.45, 2.75) is 31.8 Å². The number of methoxy groups -OCH3 is 1. The molecule has 0 aliphatic carbocycles. The molecule has 1 saturated heterocycles. The van der Waals surface area contributed by atoms with Gasteiger partial charge in [-0.15, -0.1) is 5.10 Å². The second kappa shape index (κ2) is 7.59. The number of ether oxygens (including phenoxy) is 1. The van der Waals surface area contributed by atoms with Gasteiger partial charge in [0.25, 0.3) is 0 Å². The number of amides is 2. The van der Waals surface area contributed by atoms with E-state index in [1.54, 1.807) is 33.7 Å². The maximum Gasteiger partial charge on any atom is 0.312 e. The first-order chi connectivity index (χ1) is 12.5. The van der Waals surface area contributed by atoms with Crippen molar-refractivity contribution in [1.82, 2.24) is 29.8 Å². The second-order valence-electron chi connectivity index (χ2n) is 6.48. The van der Waals surface area contributed by atoms with Gasteiger partial charge in [-0.25, -0.2) is 0 Å². The molecule has 2 aromatic heterocycles. The van der Waals surface area contributed by atoms with Gasteiger partial charge in [0.05, 0.1) is 31.5 Å². The third kappa shape index (κ3) is 3.71. The molecule has 0 saturated carbocycles. The van der Waals surface area contributed by atoms with Crippen LogP contribution in [-0.2, 0) is 30.2 Å². The van der Waals surface area contributed by atoms with Gasteiger partial charge >= 0.3 is 11.8 Å². The molecule has 26 heavy (non-hydrogen) atoms. The molecule has 0 radical (unpaired) electrons. The topological polar surface area (TPSA) is 94.3 Å². The van der Waals surface area contributed by atoms with Crippen molar-refractivity contribution >= 4 is 11.8 Å². The molecule has 1 atom stereocenters. The standard InChI is InChI=1S/C17H24N6O3/c1-21-10-12(9-19-21)14-6-4-5-7-23(14)17(25)15(24)18-8-13-11-22(2)20-16(13)26-3/h9-11,14H,4-8H2,1-3H3,(H,18,24). The third-order valence-corrected chi connectivity index (χ3v) is 4.57. The zero-order valence-electron chi connectivity index (χ0n) is 15.3. The van der Waals surface area contributed by atoms with Crippen molar-refractivity contribution in [3.63, 3.8) is 0 Å². The number of nitrogens with zero attached hydrogens (tertiary/aromatic N) is 5. The number of aryl methyl sites for hydroxylation is 2. The van der Waals surface area contributed by atoms with E-state index in [4.69, 9.17) is 4.74 Å². The first-order valence-electron chi connectivity index (χ1n) is 8.63. The number of likely N-dealkylation sites (tertiary alicyclic amines) is 1. The van der Waals surface area contributed by atoms with Crippen LogP contribution in [0.5, 0.6) is 5.88 Å². The summed E-state index contributed by atoms with van der Waals surface area (Å²) in [5.74, 6) is -0.695. The predicted octanol–water partition coefficient (Wildman–Crippen LogP) is 0.532. The van der Waals surface area contributed by atoms with E-state index in [1.165, 1.54) is 7.11 Å². The van der Waals surface area contributed by atoms with Crippen molar-refractivity contribution in [2.75, 3.05) is 13.7 Å². The SMILES string of the molecule is COc1nn(C)cc1CNC(=O)C(=O)N1CCCCC1c1cnn(C)c1. The van der Waals surface area contributed by atoms with Gasteiger partial charge in [0.15, 0.2) is 0 Å². The quantitative estimate of drug-likeness (QED) is 0.803. The summed E-state index contributed by atoms with van der Waals surface area (Å²) in [5, 5.41) is 11.0. The number of nitrogens with one attached hydrogen (secondary N) is 1. The number of aromatic nitrogens is 4. The Bertz CT molecular complexity index is 796. The molecule has 3 heterocycles. The lowest BCUT2D eigenvalue weighted by Crippen LogP contribution is -2.46. The molecule has 0 bridgehead atoms. The molecular weight excluding hydrogens is 336 g/mol. The Kier molecular flexibility index (Phi) is 5.24. The molecule has 1 unspecified atom stereocenters. The van der Waals surface area contributed by atoms with Gasteiger partial charge in [0.1, 0.15) is 0 Å². The minimum atomic E-state index is -0.619. The molecule has 9 heteroatoms. The summed E-state index contributed by atoms with van der Waals surface area (Å²) < 4.78 is 8.48. The Morgan fingerprint density at radius 3 is 2.77 bits per heavy atom. The Morgan fingerprint density at radius 1 is 1.27 bits per heavy atom. The molecule has 9 nitrogen and oxygen atoms in total. The smallest absolute Gasteiger partial charge is 0.312 e. The first kappa shape index (κ1) is 18.0. The molecule has 1 fully saturated rings. The highest BCUT2D eigenvalue weighted by atomic mass is 16.5. The van der Waals surface area contributed by atoms with Crippen LogP contribution in [0.15, 0.2) is 18.6 Å². The highest BCUT2D eigenvalue weighted by molar-refractivity contribution is 6.35. The van der Waals surface area contributed by atoms with E-state index in [0.29, 0.717) is 12.4 Å². The molecule has 1 aliphatic heterocycles. The van der Waals surface area contributed by atoms with Crippen LogP contribution in [0.25, 0.3) is 0 Å². The van der Waals surface area contributed by atoms with Crippen molar-refractivity contribution < 1.29 is 14.3 Å². The summed E-state index contributed by atoms with van der Waals surface area (Å²) in [7, 11) is 5.13. The van der Waals surface area contributed by atoms with Gasteiger partial charge in [-0.2, -0.15) is 5.10 Å². The molecule has 2 amide bonds. The van der Waals surface area contributed by atoms with E-state index in [-0.39, 0.29) is 12.6 Å². The summed E-state index contributed by atoms with van der Waals surface area (Å²) >= 11 is 0. The average Bonchev–Trinajstić information content (AvgIpc) is 3.24. The average molecular weight is 360 g/mol. The third-order valence-electron chi connectivity index (χ3n) is 4.57. The van der Waals surface area contributed by atoms with E-state index in [0.717, 1.165) is 30.4 Å². The van der Waals surface area contributed by atoms with Gasteiger partial charge in [-0.3, -0.25) is 19.0 Å². The molecule has 0 spiro atoms. The number of hydrogen-bond donors (Lipinski definition) is 1. The van der Waals surface area contributed by atoms with E-state index in [1.807, 2.05) is 13.2 Å². The highest BCUT2D eigenvalue weighted by Gasteiger charge is 2.32. The van der Waals surface area contributed by atoms with E-state index in [9.17, 15) is 9.59 Å². The molecule has 1 aliphatic rings. The van der Waals surface area contributed by atoms with Gasteiger partial charge in [-0.1, -0.05) is 0 Å². The normalized spacial score (nSPS) is 17.2. The van der Waals surface area contributed by atoms with Gasteiger partial charge in [0.2, 0.25) is 5.88 Å². The molecule has 3 rings (SSSR count). The molecule has 1 N–H and O–H groups in total. The van der Waals surface area contributed by atoms with Crippen LogP contribution in [0, 0.1) is 0 Å². The van der Waals surface area contributed by atoms with Crippen LogP contribution in [0.3, 0.4) is 0 Å². The second-order valence-corrected chi connectivity index (χ2v) is 6.48. The van der Waals surface area contributed by atoms with Gasteiger partial charge in [0, 0.05) is 38.6 Å². The molecule has 0 aromatic carbocycles. The summed E-state index contributed by atoms with van der Waals surface area (Å²) in [6, 6.07) is -0.108. The Morgan fingerprint density at radius 2 is 2.08 bits per heavy atom. The predicted molar refractivity (Wildman–Crippen MR) is 93.1 cm³/mol. The van der Waals surface area contributed by atoms with Crippen molar-refractivity contribution in [3.8, 4) is 5.88 Å². The Hall–Kier alpha value is -2.84. The van der Waals surface area contributed by atoms with Crippen molar-refractivity contribution in [1.29, 1.82) is 0 Å². The zero-order valence-corrected chi connectivity index (χ0v) is 15.3. The van der Waals surface area contributed by atoms with Crippen LogP contribution in [0.1, 0.15) is 36.4 Å². The van der Waals surface area contributed by atoms with Crippen molar-refractivity contribution in [2.24, 2.45) is 14.1 Å². The zero-order chi connectivity index (χ0) is 18.7. The fourth-order valence-corrected chi connectivity index (χ4v) is 3.33. The lowest BCUT2D eigenvalue weighted by molar-refractivity contribution is -0.148. The summed E-state index contributed by atoms with van der Waals surface area (Å²) in [6.07, 6.45) is 8.16. The Labute approximate surface area is 151 Å². The summed E-state index contributed by atoms with van der Waals surface area (Å²) in [4.78, 5) is 26.8. The summed E-state index contributed by atoms with van der Waals surface area (Å²) in [6.45, 7) is 0.759.